The number of hydrogen-bond acceptors (Lipinski definition) is 3. The first-order valence-electron chi connectivity index (χ1n) is 9.87. The lowest BCUT2D eigenvalue weighted by Gasteiger charge is -2.38. The highest BCUT2D eigenvalue weighted by Crippen LogP contribution is 2.31. The van der Waals surface area contributed by atoms with Crippen molar-refractivity contribution in [2.75, 3.05) is 6.54 Å². The summed E-state index contributed by atoms with van der Waals surface area (Å²) < 4.78 is 1.88. The minimum atomic E-state index is -0.0667. The molecule has 2 aliphatic rings. The van der Waals surface area contributed by atoms with E-state index in [1.807, 2.05) is 34.6 Å². The molecule has 1 saturated carbocycles. The van der Waals surface area contributed by atoms with Gasteiger partial charge in [-0.05, 0) is 57.2 Å². The van der Waals surface area contributed by atoms with Crippen molar-refractivity contribution in [1.29, 1.82) is 0 Å². The lowest BCUT2D eigenvalue weighted by atomic mass is 9.96. The third kappa shape index (κ3) is 2.96. The van der Waals surface area contributed by atoms with Gasteiger partial charge < -0.3 is 15.6 Å². The molecule has 0 bridgehead atoms. The highest BCUT2D eigenvalue weighted by Gasteiger charge is 2.30. The zero-order chi connectivity index (χ0) is 18.3. The maximum Gasteiger partial charge on any atom is 0.326 e. The van der Waals surface area contributed by atoms with E-state index in [0.717, 1.165) is 49.7 Å². The summed E-state index contributed by atoms with van der Waals surface area (Å²) in [5.74, 6) is 0.0170. The van der Waals surface area contributed by atoms with Gasteiger partial charge in [0.25, 0.3) is 5.91 Å². The first-order chi connectivity index (χ1) is 12.6. The number of hydrogen-bond donors (Lipinski definition) is 2. The van der Waals surface area contributed by atoms with E-state index in [-0.39, 0.29) is 29.7 Å². The molecule has 2 fully saturated rings. The number of piperidine rings is 1. The summed E-state index contributed by atoms with van der Waals surface area (Å²) in [5.41, 5.74) is 8.33. The van der Waals surface area contributed by atoms with Gasteiger partial charge in [-0.3, -0.25) is 9.36 Å². The molecule has 6 nitrogen and oxygen atoms in total. The molecule has 1 aliphatic carbocycles. The SMILES string of the molecule is CC(N)C1CCCCN1C(=O)c1ccc2c(c1)[nH]c(=O)n2C1CCCC1. The van der Waals surface area contributed by atoms with E-state index in [4.69, 9.17) is 5.73 Å². The molecule has 2 aromatic rings. The van der Waals surface area contributed by atoms with Crippen LogP contribution in [0.5, 0.6) is 0 Å². The van der Waals surface area contributed by atoms with Gasteiger partial charge in [-0.15, -0.1) is 0 Å². The number of carbonyl (C=O) groups excluding carboxylic acids is 1. The zero-order valence-corrected chi connectivity index (χ0v) is 15.4. The molecule has 1 aromatic carbocycles. The molecule has 0 spiro atoms. The normalized spacial score (nSPS) is 22.8. The molecule has 26 heavy (non-hydrogen) atoms. The van der Waals surface area contributed by atoms with Gasteiger partial charge in [-0.25, -0.2) is 4.79 Å². The van der Waals surface area contributed by atoms with Crippen LogP contribution in [-0.2, 0) is 0 Å². The van der Waals surface area contributed by atoms with E-state index in [0.29, 0.717) is 5.56 Å². The van der Waals surface area contributed by atoms with Crippen molar-refractivity contribution in [3.05, 3.63) is 34.2 Å². The van der Waals surface area contributed by atoms with Crippen molar-refractivity contribution in [2.45, 2.75) is 70.0 Å². The minimum Gasteiger partial charge on any atom is -0.334 e. The third-order valence-corrected chi connectivity index (χ3v) is 6.07. The quantitative estimate of drug-likeness (QED) is 0.887. The molecule has 3 N–H and O–H groups in total. The molecule has 2 unspecified atom stereocenters. The van der Waals surface area contributed by atoms with Crippen LogP contribution in [0.1, 0.15) is 68.3 Å². The Bertz CT molecular complexity index is 860. The predicted molar refractivity (Wildman–Crippen MR) is 102 cm³/mol. The fourth-order valence-electron chi connectivity index (χ4n) is 4.71. The molecule has 1 aromatic heterocycles. The van der Waals surface area contributed by atoms with E-state index in [1.165, 1.54) is 12.8 Å². The maximum atomic E-state index is 13.1. The summed E-state index contributed by atoms with van der Waals surface area (Å²) in [4.78, 5) is 30.4. The topological polar surface area (TPSA) is 84.1 Å². The number of aromatic nitrogens is 2. The van der Waals surface area contributed by atoms with Gasteiger partial charge in [0, 0.05) is 30.2 Å². The molecule has 2 atom stereocenters. The average Bonchev–Trinajstić information content (AvgIpc) is 3.26. The van der Waals surface area contributed by atoms with E-state index >= 15 is 0 Å². The van der Waals surface area contributed by atoms with E-state index in [1.54, 1.807) is 0 Å². The number of amides is 1. The second-order valence-electron chi connectivity index (χ2n) is 7.89. The highest BCUT2D eigenvalue weighted by atomic mass is 16.2. The number of aromatic amines is 1. The van der Waals surface area contributed by atoms with Crippen LogP contribution in [0, 0.1) is 0 Å². The first-order valence-corrected chi connectivity index (χ1v) is 9.87. The van der Waals surface area contributed by atoms with Crippen molar-refractivity contribution in [3.63, 3.8) is 0 Å². The van der Waals surface area contributed by atoms with Gasteiger partial charge in [0.2, 0.25) is 0 Å². The van der Waals surface area contributed by atoms with Gasteiger partial charge in [0.05, 0.1) is 11.0 Å². The van der Waals surface area contributed by atoms with Crippen LogP contribution in [0.15, 0.2) is 23.0 Å². The van der Waals surface area contributed by atoms with Crippen molar-refractivity contribution < 1.29 is 4.79 Å². The molecule has 0 radical (unpaired) electrons. The Morgan fingerprint density at radius 1 is 1.19 bits per heavy atom. The van der Waals surface area contributed by atoms with Gasteiger partial charge in [-0.2, -0.15) is 0 Å². The highest BCUT2D eigenvalue weighted by molar-refractivity contribution is 5.97. The molecular weight excluding hydrogens is 328 g/mol. The van der Waals surface area contributed by atoms with Crippen molar-refractivity contribution in [1.82, 2.24) is 14.5 Å². The number of benzene rings is 1. The Kier molecular flexibility index (Phi) is 4.61. The van der Waals surface area contributed by atoms with Crippen LogP contribution in [0.4, 0.5) is 0 Å². The van der Waals surface area contributed by atoms with Gasteiger partial charge in [0.15, 0.2) is 0 Å². The summed E-state index contributed by atoms with van der Waals surface area (Å²) >= 11 is 0. The summed E-state index contributed by atoms with van der Waals surface area (Å²) in [7, 11) is 0. The molecule has 1 saturated heterocycles. The standard InChI is InChI=1S/C20H28N4O2/c1-13(21)17-8-4-5-11-23(17)19(25)14-9-10-18-16(12-14)22-20(26)24(18)15-6-2-3-7-15/h9-10,12-13,15,17H,2-8,11,21H2,1H3,(H,22,26). The second-order valence-corrected chi connectivity index (χ2v) is 7.89. The van der Waals surface area contributed by atoms with Gasteiger partial charge in [0.1, 0.15) is 0 Å². The molecule has 2 heterocycles. The van der Waals surface area contributed by atoms with Crippen molar-refractivity contribution in [3.8, 4) is 0 Å². The lowest BCUT2D eigenvalue weighted by molar-refractivity contribution is 0.0584. The Hall–Kier alpha value is -2.08. The Morgan fingerprint density at radius 2 is 1.92 bits per heavy atom. The predicted octanol–water partition coefficient (Wildman–Crippen LogP) is 2.79. The van der Waals surface area contributed by atoms with Crippen LogP contribution >= 0.6 is 0 Å². The number of nitrogens with one attached hydrogen (secondary N) is 1. The second kappa shape index (κ2) is 6.91. The number of carbonyl (C=O) groups is 1. The fraction of sp³-hybridized carbons (Fsp3) is 0.600. The number of rotatable bonds is 3. The van der Waals surface area contributed by atoms with Crippen LogP contribution in [0.2, 0.25) is 0 Å². The van der Waals surface area contributed by atoms with Crippen molar-refractivity contribution >= 4 is 16.9 Å². The van der Waals surface area contributed by atoms with Crippen LogP contribution in [0.25, 0.3) is 11.0 Å². The Labute approximate surface area is 153 Å². The van der Waals surface area contributed by atoms with Crippen LogP contribution in [0.3, 0.4) is 0 Å². The molecule has 1 aliphatic heterocycles. The lowest BCUT2D eigenvalue weighted by Crippen LogP contribution is -2.51. The first kappa shape index (κ1) is 17.3. The van der Waals surface area contributed by atoms with Crippen LogP contribution < -0.4 is 11.4 Å². The monoisotopic (exact) mass is 356 g/mol. The van der Waals surface area contributed by atoms with E-state index < -0.39 is 0 Å². The fourth-order valence-corrected chi connectivity index (χ4v) is 4.71. The number of fused-ring (bicyclic) bond motifs is 1. The van der Waals surface area contributed by atoms with Crippen molar-refractivity contribution in [2.24, 2.45) is 5.73 Å². The number of H-pyrrole nitrogens is 1. The van der Waals surface area contributed by atoms with Gasteiger partial charge >= 0.3 is 5.69 Å². The summed E-state index contributed by atoms with van der Waals surface area (Å²) in [6, 6.07) is 5.94. The number of likely N-dealkylation sites (tertiary alicyclic amines) is 1. The number of nitrogens with two attached hydrogens (primary N) is 1. The average molecular weight is 356 g/mol. The van der Waals surface area contributed by atoms with E-state index in [9.17, 15) is 9.59 Å². The zero-order valence-electron chi connectivity index (χ0n) is 15.4. The van der Waals surface area contributed by atoms with Gasteiger partial charge in [-0.1, -0.05) is 12.8 Å². The molecule has 6 heteroatoms. The summed E-state index contributed by atoms with van der Waals surface area (Å²) in [6.45, 7) is 2.72. The summed E-state index contributed by atoms with van der Waals surface area (Å²) in [5, 5.41) is 0. The van der Waals surface area contributed by atoms with E-state index in [2.05, 4.69) is 4.98 Å². The maximum absolute atomic E-state index is 13.1. The van der Waals surface area contributed by atoms with Crippen LogP contribution in [-0.4, -0.2) is 39.0 Å². The Balaban J connectivity index is 1.67. The Morgan fingerprint density at radius 3 is 2.65 bits per heavy atom. The smallest absolute Gasteiger partial charge is 0.326 e. The summed E-state index contributed by atoms with van der Waals surface area (Å²) in [6.07, 6.45) is 7.55. The molecule has 1 amide bonds. The largest absolute Gasteiger partial charge is 0.334 e. The molecule has 140 valence electrons. The molecule has 4 rings (SSSR count). The third-order valence-electron chi connectivity index (χ3n) is 6.07. The number of nitrogens with zero attached hydrogens (tertiary/aromatic N) is 2. The number of imidazole rings is 1. The minimum absolute atomic E-state index is 0.0170. The molecular formula is C20H28N4O2.